The second-order valence-corrected chi connectivity index (χ2v) is 4.66. The van der Waals surface area contributed by atoms with Crippen LogP contribution >= 0.6 is 23.2 Å². The summed E-state index contributed by atoms with van der Waals surface area (Å²) in [5, 5.41) is 11.9. The van der Waals surface area contributed by atoms with E-state index in [9.17, 15) is 9.59 Å². The number of aromatic nitrogens is 1. The highest BCUT2D eigenvalue weighted by atomic mass is 35.5. The second kappa shape index (κ2) is 6.66. The molecule has 1 unspecified atom stereocenters. The van der Waals surface area contributed by atoms with Crippen molar-refractivity contribution in [3.8, 4) is 0 Å². The molecule has 0 aliphatic carbocycles. The molecule has 1 rings (SSSR count). The van der Waals surface area contributed by atoms with E-state index in [0.29, 0.717) is 6.42 Å². The lowest BCUT2D eigenvalue weighted by atomic mass is 10.0. The monoisotopic (exact) mass is 292 g/mol. The summed E-state index contributed by atoms with van der Waals surface area (Å²) in [5.74, 6) is -1.93. The normalized spacial score (nSPS) is 12.2. The molecule has 1 atom stereocenters. The first kappa shape index (κ1) is 14.9. The number of aromatic amines is 1. The van der Waals surface area contributed by atoms with E-state index in [0.717, 1.165) is 6.42 Å². The number of hydrogen-bond donors (Lipinski definition) is 3. The third-order valence-corrected chi connectivity index (χ3v) is 3.16. The van der Waals surface area contributed by atoms with E-state index in [1.165, 1.54) is 6.07 Å². The van der Waals surface area contributed by atoms with Crippen molar-refractivity contribution in [2.24, 2.45) is 5.92 Å². The Bertz CT molecular complexity index is 426. The maximum absolute atomic E-state index is 11.7. The molecule has 7 heteroatoms. The molecule has 1 aromatic heterocycles. The highest BCUT2D eigenvalue weighted by Gasteiger charge is 2.18. The maximum Gasteiger partial charge on any atom is 0.308 e. The predicted molar refractivity (Wildman–Crippen MR) is 69.2 cm³/mol. The summed E-state index contributed by atoms with van der Waals surface area (Å²) < 4.78 is 0. The van der Waals surface area contributed by atoms with Gasteiger partial charge in [-0.25, -0.2) is 0 Å². The zero-order chi connectivity index (χ0) is 13.7. The zero-order valence-corrected chi connectivity index (χ0v) is 11.3. The van der Waals surface area contributed by atoms with E-state index in [-0.39, 0.29) is 22.4 Å². The molecule has 5 nitrogen and oxygen atoms in total. The first-order valence-corrected chi connectivity index (χ1v) is 6.26. The van der Waals surface area contributed by atoms with Crippen LogP contribution in [0.2, 0.25) is 10.2 Å². The SMILES string of the molecule is CCCC(CNC(=O)c1cc(Cl)c(Cl)[nH]1)C(=O)O. The van der Waals surface area contributed by atoms with Crippen LogP contribution in [0.1, 0.15) is 30.3 Å². The van der Waals surface area contributed by atoms with Crippen LogP contribution in [0, 0.1) is 5.92 Å². The second-order valence-electron chi connectivity index (χ2n) is 3.88. The fourth-order valence-electron chi connectivity index (χ4n) is 1.50. The molecule has 0 aromatic carbocycles. The van der Waals surface area contributed by atoms with Gasteiger partial charge in [-0.05, 0) is 12.5 Å². The van der Waals surface area contributed by atoms with Gasteiger partial charge in [0.1, 0.15) is 10.8 Å². The minimum absolute atomic E-state index is 0.0796. The number of hydrogen-bond acceptors (Lipinski definition) is 2. The molecule has 0 aliphatic heterocycles. The summed E-state index contributed by atoms with van der Waals surface area (Å²) in [5.41, 5.74) is 0.214. The summed E-state index contributed by atoms with van der Waals surface area (Å²) in [6.07, 6.45) is 1.26. The van der Waals surface area contributed by atoms with Gasteiger partial charge >= 0.3 is 5.97 Å². The number of amides is 1. The lowest BCUT2D eigenvalue weighted by Gasteiger charge is -2.11. The number of carbonyl (C=O) groups excluding carboxylic acids is 1. The van der Waals surface area contributed by atoms with E-state index < -0.39 is 17.8 Å². The van der Waals surface area contributed by atoms with Gasteiger partial charge in [-0.1, -0.05) is 36.5 Å². The van der Waals surface area contributed by atoms with Gasteiger partial charge in [0.25, 0.3) is 5.91 Å². The highest BCUT2D eigenvalue weighted by Crippen LogP contribution is 2.21. The summed E-state index contributed by atoms with van der Waals surface area (Å²) >= 11 is 11.4. The summed E-state index contributed by atoms with van der Waals surface area (Å²) in [4.78, 5) is 25.2. The topological polar surface area (TPSA) is 82.2 Å². The number of halogens is 2. The summed E-state index contributed by atoms with van der Waals surface area (Å²) in [7, 11) is 0. The van der Waals surface area contributed by atoms with Gasteiger partial charge in [0, 0.05) is 6.54 Å². The molecule has 100 valence electrons. The quantitative estimate of drug-likeness (QED) is 0.753. The fraction of sp³-hybridized carbons (Fsp3) is 0.455. The van der Waals surface area contributed by atoms with Crippen molar-refractivity contribution >= 4 is 35.1 Å². The average molecular weight is 293 g/mol. The zero-order valence-electron chi connectivity index (χ0n) is 9.80. The molecule has 0 spiro atoms. The summed E-state index contributed by atoms with van der Waals surface area (Å²) in [6, 6.07) is 1.40. The molecule has 0 saturated heterocycles. The van der Waals surface area contributed by atoms with E-state index in [1.54, 1.807) is 0 Å². The molecule has 1 aromatic rings. The molecular weight excluding hydrogens is 279 g/mol. The highest BCUT2D eigenvalue weighted by molar-refractivity contribution is 6.41. The predicted octanol–water partition coefficient (Wildman–Crippen LogP) is 2.55. The molecule has 0 aliphatic rings. The minimum atomic E-state index is -0.917. The number of carbonyl (C=O) groups is 2. The largest absolute Gasteiger partial charge is 0.481 e. The molecule has 0 radical (unpaired) electrons. The molecule has 1 heterocycles. The Hall–Kier alpha value is -1.20. The molecule has 0 saturated carbocycles. The third-order valence-electron chi connectivity index (χ3n) is 2.47. The first-order valence-electron chi connectivity index (χ1n) is 5.50. The maximum atomic E-state index is 11.7. The van der Waals surface area contributed by atoms with Gasteiger partial charge in [-0.3, -0.25) is 9.59 Å². The van der Waals surface area contributed by atoms with Crippen LogP contribution in [0.15, 0.2) is 6.07 Å². The molecular formula is C11H14Cl2N2O3. The number of aliphatic carboxylic acids is 1. The van der Waals surface area contributed by atoms with E-state index >= 15 is 0 Å². The van der Waals surface area contributed by atoms with Gasteiger partial charge in [-0.2, -0.15) is 0 Å². The Morgan fingerprint density at radius 3 is 2.61 bits per heavy atom. The van der Waals surface area contributed by atoms with Crippen molar-refractivity contribution in [1.29, 1.82) is 0 Å². The van der Waals surface area contributed by atoms with E-state index in [1.807, 2.05) is 6.92 Å². The first-order chi connectivity index (χ1) is 8.45. The minimum Gasteiger partial charge on any atom is -0.481 e. The van der Waals surface area contributed by atoms with Crippen molar-refractivity contribution in [2.45, 2.75) is 19.8 Å². The van der Waals surface area contributed by atoms with Crippen LogP contribution in [-0.4, -0.2) is 28.5 Å². The number of H-pyrrole nitrogens is 1. The molecule has 3 N–H and O–H groups in total. The lowest BCUT2D eigenvalue weighted by Crippen LogP contribution is -2.33. The van der Waals surface area contributed by atoms with Crippen molar-refractivity contribution in [2.75, 3.05) is 6.54 Å². The van der Waals surface area contributed by atoms with Crippen LogP contribution in [-0.2, 0) is 4.79 Å². The number of nitrogens with one attached hydrogen (secondary N) is 2. The Morgan fingerprint density at radius 1 is 1.50 bits per heavy atom. The van der Waals surface area contributed by atoms with Gasteiger partial charge in [0.15, 0.2) is 0 Å². The van der Waals surface area contributed by atoms with Crippen molar-refractivity contribution in [3.05, 3.63) is 21.9 Å². The van der Waals surface area contributed by atoms with E-state index in [4.69, 9.17) is 28.3 Å². The fourth-order valence-corrected chi connectivity index (χ4v) is 1.81. The standard InChI is InChI=1S/C11H14Cl2N2O3/c1-2-3-6(11(17)18)5-14-10(16)8-4-7(12)9(13)15-8/h4,6,15H,2-3,5H2,1H3,(H,14,16)(H,17,18). The van der Waals surface area contributed by atoms with Gasteiger partial charge in [0.2, 0.25) is 0 Å². The lowest BCUT2D eigenvalue weighted by molar-refractivity contribution is -0.141. The van der Waals surface area contributed by atoms with Crippen LogP contribution in [0.5, 0.6) is 0 Å². The van der Waals surface area contributed by atoms with Gasteiger partial charge < -0.3 is 15.4 Å². The van der Waals surface area contributed by atoms with Crippen LogP contribution in [0.4, 0.5) is 0 Å². The Balaban J connectivity index is 2.57. The van der Waals surface area contributed by atoms with Crippen molar-refractivity contribution < 1.29 is 14.7 Å². The Morgan fingerprint density at radius 2 is 2.17 bits per heavy atom. The smallest absolute Gasteiger partial charge is 0.308 e. The number of carboxylic acid groups (broad SMARTS) is 1. The summed E-state index contributed by atoms with van der Waals surface area (Å²) in [6.45, 7) is 1.97. The van der Waals surface area contributed by atoms with Crippen LogP contribution in [0.3, 0.4) is 0 Å². The molecule has 0 fully saturated rings. The Kier molecular flexibility index (Phi) is 5.50. The van der Waals surface area contributed by atoms with E-state index in [2.05, 4.69) is 10.3 Å². The third kappa shape index (κ3) is 3.92. The Labute approximate surface area is 114 Å². The number of rotatable bonds is 6. The average Bonchev–Trinajstić information content (AvgIpc) is 2.64. The van der Waals surface area contributed by atoms with Crippen molar-refractivity contribution in [1.82, 2.24) is 10.3 Å². The molecule has 1 amide bonds. The van der Waals surface area contributed by atoms with Gasteiger partial charge in [0.05, 0.1) is 10.9 Å². The van der Waals surface area contributed by atoms with Crippen LogP contribution in [0.25, 0.3) is 0 Å². The van der Waals surface area contributed by atoms with Crippen molar-refractivity contribution in [3.63, 3.8) is 0 Å². The molecule has 18 heavy (non-hydrogen) atoms. The number of carboxylic acids is 1. The van der Waals surface area contributed by atoms with Crippen LogP contribution < -0.4 is 5.32 Å². The van der Waals surface area contributed by atoms with Gasteiger partial charge in [-0.15, -0.1) is 0 Å². The molecule has 0 bridgehead atoms.